The number of rotatable bonds is 3. The van der Waals surface area contributed by atoms with Gasteiger partial charge in [0.05, 0.1) is 0 Å². The average molecular weight is 216 g/mol. The van der Waals surface area contributed by atoms with Crippen molar-refractivity contribution in [3.63, 3.8) is 0 Å². The summed E-state index contributed by atoms with van der Waals surface area (Å²) < 4.78 is 0. The topological polar surface area (TPSA) is 17.1 Å². The van der Waals surface area contributed by atoms with Gasteiger partial charge in [0.15, 0.2) is 5.78 Å². The van der Waals surface area contributed by atoms with E-state index in [2.05, 4.69) is 12.1 Å². The highest BCUT2D eigenvalue weighted by Gasteiger charge is 2.13. The predicted octanol–water partition coefficient (Wildman–Crippen LogP) is 4.01. The van der Waals surface area contributed by atoms with Gasteiger partial charge in [0.1, 0.15) is 0 Å². The van der Waals surface area contributed by atoms with Gasteiger partial charge in [-0.3, -0.25) is 4.79 Å². The van der Waals surface area contributed by atoms with Crippen LogP contribution in [0.3, 0.4) is 0 Å². The lowest BCUT2D eigenvalue weighted by molar-refractivity contribution is 0.101. The van der Waals surface area contributed by atoms with Crippen LogP contribution >= 0.6 is 0 Å². The Bertz CT molecular complexity index is 344. The molecule has 0 radical (unpaired) electrons. The Hall–Kier alpha value is -1.11. The maximum atomic E-state index is 11.1. The Balaban J connectivity index is 1.96. The number of hydrogen-bond acceptors (Lipinski definition) is 1. The number of Topliss-reactive ketones (excluding diaryl/α,β-unsaturated/α-hetero) is 1. The summed E-state index contributed by atoms with van der Waals surface area (Å²) >= 11 is 0. The van der Waals surface area contributed by atoms with Crippen molar-refractivity contribution >= 4 is 5.78 Å². The molecule has 1 heteroatoms. The molecule has 0 unspecified atom stereocenters. The monoisotopic (exact) mass is 216 g/mol. The molecule has 86 valence electrons. The molecular formula is C15H20O. The molecule has 0 atom stereocenters. The van der Waals surface area contributed by atoms with Crippen LogP contribution in [0.15, 0.2) is 24.3 Å². The zero-order valence-electron chi connectivity index (χ0n) is 10.0. The van der Waals surface area contributed by atoms with Crippen molar-refractivity contribution in [2.24, 2.45) is 5.92 Å². The number of ketones is 1. The van der Waals surface area contributed by atoms with E-state index in [1.807, 2.05) is 12.1 Å². The van der Waals surface area contributed by atoms with Crippen molar-refractivity contribution in [1.29, 1.82) is 0 Å². The van der Waals surface area contributed by atoms with Gasteiger partial charge < -0.3 is 0 Å². The molecule has 1 fully saturated rings. The fourth-order valence-electron chi connectivity index (χ4n) is 2.60. The fraction of sp³-hybridized carbons (Fsp3) is 0.533. The summed E-state index contributed by atoms with van der Waals surface area (Å²) in [6.45, 7) is 1.62. The Labute approximate surface area is 97.9 Å². The molecule has 0 spiro atoms. The second-order valence-corrected chi connectivity index (χ2v) is 4.96. The van der Waals surface area contributed by atoms with Gasteiger partial charge in [-0.05, 0) is 24.8 Å². The zero-order valence-corrected chi connectivity index (χ0v) is 10.0. The third-order valence-corrected chi connectivity index (χ3v) is 3.61. The largest absolute Gasteiger partial charge is 0.295 e. The zero-order chi connectivity index (χ0) is 11.4. The van der Waals surface area contributed by atoms with Crippen molar-refractivity contribution in [3.05, 3.63) is 35.4 Å². The van der Waals surface area contributed by atoms with Crippen molar-refractivity contribution in [2.45, 2.75) is 45.4 Å². The third kappa shape index (κ3) is 2.94. The van der Waals surface area contributed by atoms with Gasteiger partial charge in [0.25, 0.3) is 0 Å². The maximum Gasteiger partial charge on any atom is 0.159 e. The van der Waals surface area contributed by atoms with Gasteiger partial charge in [-0.25, -0.2) is 0 Å². The molecule has 0 bridgehead atoms. The molecule has 0 N–H and O–H groups in total. The van der Waals surface area contributed by atoms with E-state index in [1.54, 1.807) is 6.92 Å². The average Bonchev–Trinajstić information content (AvgIpc) is 2.31. The molecule has 0 aromatic heterocycles. The molecule has 1 aromatic rings. The van der Waals surface area contributed by atoms with Crippen molar-refractivity contribution in [3.8, 4) is 0 Å². The van der Waals surface area contributed by atoms with Crippen molar-refractivity contribution < 1.29 is 4.79 Å². The van der Waals surface area contributed by atoms with E-state index in [4.69, 9.17) is 0 Å². The summed E-state index contributed by atoms with van der Waals surface area (Å²) in [6.07, 6.45) is 8.17. The quantitative estimate of drug-likeness (QED) is 0.698. The Kier molecular flexibility index (Phi) is 3.76. The van der Waals surface area contributed by atoms with E-state index >= 15 is 0 Å². The lowest BCUT2D eigenvalue weighted by Crippen LogP contribution is -2.09. The maximum absolute atomic E-state index is 11.1. The van der Waals surface area contributed by atoms with Crippen LogP contribution in [-0.4, -0.2) is 5.78 Å². The summed E-state index contributed by atoms with van der Waals surface area (Å²) in [4.78, 5) is 11.1. The molecule has 0 saturated heterocycles. The molecule has 0 aliphatic heterocycles. The first-order valence-electron chi connectivity index (χ1n) is 6.35. The van der Waals surface area contributed by atoms with Crippen LogP contribution < -0.4 is 0 Å². The van der Waals surface area contributed by atoms with Crippen LogP contribution in [-0.2, 0) is 6.42 Å². The van der Waals surface area contributed by atoms with Crippen LogP contribution in [0.2, 0.25) is 0 Å². The van der Waals surface area contributed by atoms with Crippen LogP contribution in [0.5, 0.6) is 0 Å². The van der Waals surface area contributed by atoms with E-state index in [9.17, 15) is 4.79 Å². The highest BCUT2D eigenvalue weighted by molar-refractivity contribution is 5.93. The minimum atomic E-state index is 0.157. The predicted molar refractivity (Wildman–Crippen MR) is 66.7 cm³/mol. The summed E-state index contributed by atoms with van der Waals surface area (Å²) in [5.74, 6) is 1.03. The first-order chi connectivity index (χ1) is 7.75. The fourth-order valence-corrected chi connectivity index (χ4v) is 2.60. The SMILES string of the molecule is CC(=O)c1ccc(CC2CCCCC2)cc1. The standard InChI is InChI=1S/C15H20O/c1-12(16)15-9-7-14(8-10-15)11-13-5-3-2-4-6-13/h7-10,13H,2-6,11H2,1H3. The van der Waals surface area contributed by atoms with Crippen LogP contribution in [0, 0.1) is 5.92 Å². The summed E-state index contributed by atoms with van der Waals surface area (Å²) in [5, 5.41) is 0. The molecule has 1 aliphatic carbocycles. The highest BCUT2D eigenvalue weighted by Crippen LogP contribution is 2.26. The molecular weight excluding hydrogens is 196 g/mol. The molecule has 0 heterocycles. The second-order valence-electron chi connectivity index (χ2n) is 4.96. The first-order valence-corrected chi connectivity index (χ1v) is 6.35. The molecule has 1 saturated carbocycles. The summed E-state index contributed by atoms with van der Waals surface area (Å²) in [6, 6.07) is 8.15. The highest BCUT2D eigenvalue weighted by atomic mass is 16.1. The van der Waals surface area contributed by atoms with Crippen LogP contribution in [0.1, 0.15) is 54.9 Å². The lowest BCUT2D eigenvalue weighted by Gasteiger charge is -2.21. The van der Waals surface area contributed by atoms with Crippen molar-refractivity contribution in [2.75, 3.05) is 0 Å². The van der Waals surface area contributed by atoms with Gasteiger partial charge >= 0.3 is 0 Å². The third-order valence-electron chi connectivity index (χ3n) is 3.61. The van der Waals surface area contributed by atoms with Gasteiger partial charge in [-0.1, -0.05) is 56.4 Å². The normalized spacial score (nSPS) is 17.3. The molecule has 1 nitrogen and oxygen atoms in total. The van der Waals surface area contributed by atoms with Crippen LogP contribution in [0.4, 0.5) is 0 Å². The number of hydrogen-bond donors (Lipinski definition) is 0. The summed E-state index contributed by atoms with van der Waals surface area (Å²) in [7, 11) is 0. The smallest absolute Gasteiger partial charge is 0.159 e. The van der Waals surface area contributed by atoms with Gasteiger partial charge in [-0.2, -0.15) is 0 Å². The van der Waals surface area contributed by atoms with E-state index in [0.717, 1.165) is 11.5 Å². The van der Waals surface area contributed by atoms with E-state index in [1.165, 1.54) is 44.1 Å². The van der Waals surface area contributed by atoms with Gasteiger partial charge in [0.2, 0.25) is 0 Å². The van der Waals surface area contributed by atoms with Gasteiger partial charge in [0, 0.05) is 5.56 Å². The van der Waals surface area contributed by atoms with Crippen LogP contribution in [0.25, 0.3) is 0 Å². The Morgan fingerprint density at radius 1 is 1.12 bits per heavy atom. The summed E-state index contributed by atoms with van der Waals surface area (Å²) in [5.41, 5.74) is 2.21. The molecule has 1 aromatic carbocycles. The van der Waals surface area contributed by atoms with Gasteiger partial charge in [-0.15, -0.1) is 0 Å². The molecule has 1 aliphatic rings. The number of benzene rings is 1. The molecule has 0 amide bonds. The van der Waals surface area contributed by atoms with Crippen molar-refractivity contribution in [1.82, 2.24) is 0 Å². The Morgan fingerprint density at radius 2 is 1.75 bits per heavy atom. The van der Waals surface area contributed by atoms with E-state index < -0.39 is 0 Å². The first kappa shape index (κ1) is 11.4. The molecule has 16 heavy (non-hydrogen) atoms. The number of carbonyl (C=O) groups excluding carboxylic acids is 1. The minimum Gasteiger partial charge on any atom is -0.295 e. The number of carbonyl (C=O) groups is 1. The molecule has 2 rings (SSSR count). The lowest BCUT2D eigenvalue weighted by atomic mass is 9.85. The minimum absolute atomic E-state index is 0.157. The second kappa shape index (κ2) is 5.29. The van der Waals surface area contributed by atoms with E-state index in [0.29, 0.717) is 0 Å². The Morgan fingerprint density at radius 3 is 2.31 bits per heavy atom. The van der Waals surface area contributed by atoms with E-state index in [-0.39, 0.29) is 5.78 Å².